The fourth-order valence-electron chi connectivity index (χ4n) is 1.41. The monoisotopic (exact) mass is 339 g/mol. The van der Waals surface area contributed by atoms with Crippen LogP contribution < -0.4 is 16.0 Å². The minimum absolute atomic E-state index is 0.0621. The molecule has 20 heavy (non-hydrogen) atoms. The first-order chi connectivity index (χ1) is 9.51. The molecule has 0 radical (unpaired) electrons. The summed E-state index contributed by atoms with van der Waals surface area (Å²) in [6, 6.07) is 4.34. The van der Waals surface area contributed by atoms with Crippen molar-refractivity contribution in [2.45, 2.75) is 6.92 Å². The van der Waals surface area contributed by atoms with Gasteiger partial charge in [0.2, 0.25) is 11.8 Å². The van der Waals surface area contributed by atoms with E-state index in [-0.39, 0.29) is 17.5 Å². The predicted octanol–water partition coefficient (Wildman–Crippen LogP) is 2.53. The van der Waals surface area contributed by atoms with Gasteiger partial charge >= 0.3 is 0 Å². The molecule has 1 aromatic heterocycles. The van der Waals surface area contributed by atoms with Gasteiger partial charge in [-0.3, -0.25) is 15.5 Å². The van der Waals surface area contributed by atoms with Crippen molar-refractivity contribution in [2.75, 3.05) is 5.43 Å². The summed E-state index contributed by atoms with van der Waals surface area (Å²) in [5.74, 6) is 5.93. The fraction of sp³-hybridized carbons (Fsp3) is 0.0909. The van der Waals surface area contributed by atoms with E-state index in [1.165, 1.54) is 18.3 Å². The first-order valence-corrected chi connectivity index (χ1v) is 6.22. The molecule has 0 aliphatic heterocycles. The summed E-state index contributed by atoms with van der Waals surface area (Å²) < 4.78 is 6.08. The quantitative estimate of drug-likeness (QED) is 0.499. The van der Waals surface area contributed by atoms with Gasteiger partial charge in [0.25, 0.3) is 5.69 Å². The number of benzene rings is 1. The number of anilines is 1. The normalized spacial score (nSPS) is 10.2. The van der Waals surface area contributed by atoms with Crippen molar-refractivity contribution in [3.63, 3.8) is 0 Å². The lowest BCUT2D eigenvalue weighted by Gasteiger charge is -2.09. The number of hydrogen-bond acceptors (Lipinski definition) is 7. The summed E-state index contributed by atoms with van der Waals surface area (Å²) in [6.07, 6.45) is 1.46. The molecular formula is C11H10BrN5O3. The van der Waals surface area contributed by atoms with Crippen molar-refractivity contribution in [3.8, 4) is 11.6 Å². The number of nitro benzene ring substituents is 1. The second-order valence-electron chi connectivity index (χ2n) is 3.80. The zero-order chi connectivity index (χ0) is 14.7. The Morgan fingerprint density at radius 2 is 2.25 bits per heavy atom. The van der Waals surface area contributed by atoms with Gasteiger partial charge in [-0.05, 0) is 34.5 Å². The Morgan fingerprint density at radius 1 is 1.50 bits per heavy atom. The van der Waals surface area contributed by atoms with Crippen LogP contribution in [0.5, 0.6) is 11.6 Å². The number of non-ortho nitro benzene ring substituents is 1. The molecule has 0 bridgehead atoms. The molecule has 104 valence electrons. The van der Waals surface area contributed by atoms with Crippen LogP contribution in [0.3, 0.4) is 0 Å². The number of hydrazine groups is 1. The van der Waals surface area contributed by atoms with Crippen molar-refractivity contribution in [3.05, 3.63) is 44.5 Å². The molecule has 2 rings (SSSR count). The number of nitrogens with zero attached hydrogens (tertiary/aromatic N) is 3. The van der Waals surface area contributed by atoms with Crippen molar-refractivity contribution in [1.29, 1.82) is 0 Å². The van der Waals surface area contributed by atoms with Crippen LogP contribution in [0.4, 0.5) is 11.6 Å². The molecule has 0 aliphatic carbocycles. The highest BCUT2D eigenvalue weighted by atomic mass is 79.9. The Balaban J connectivity index is 2.38. The standard InChI is InChI=1S/C11H10BrN5O3/c1-6-2-3-7(17(18)19)4-9(6)20-10-8(12)5-14-11(15-10)16-13/h2-5H,13H2,1H3,(H,14,15,16). The number of nitrogens with two attached hydrogens (primary N) is 1. The minimum Gasteiger partial charge on any atom is -0.437 e. The van der Waals surface area contributed by atoms with Gasteiger partial charge in [0.15, 0.2) is 0 Å². The van der Waals surface area contributed by atoms with Crippen LogP contribution in [0.25, 0.3) is 0 Å². The van der Waals surface area contributed by atoms with Crippen molar-refractivity contribution in [2.24, 2.45) is 5.84 Å². The van der Waals surface area contributed by atoms with Gasteiger partial charge in [0, 0.05) is 6.07 Å². The van der Waals surface area contributed by atoms with Crippen LogP contribution in [0.15, 0.2) is 28.9 Å². The number of rotatable bonds is 4. The van der Waals surface area contributed by atoms with E-state index in [2.05, 4.69) is 31.3 Å². The number of aromatic nitrogens is 2. The summed E-state index contributed by atoms with van der Waals surface area (Å²) in [5, 5.41) is 10.8. The summed E-state index contributed by atoms with van der Waals surface area (Å²) in [4.78, 5) is 18.2. The van der Waals surface area contributed by atoms with E-state index in [0.29, 0.717) is 10.2 Å². The van der Waals surface area contributed by atoms with Crippen molar-refractivity contribution >= 4 is 27.6 Å². The van der Waals surface area contributed by atoms with Gasteiger partial charge in [-0.15, -0.1) is 0 Å². The molecule has 0 unspecified atom stereocenters. The van der Waals surface area contributed by atoms with E-state index >= 15 is 0 Å². The van der Waals surface area contributed by atoms with Crippen molar-refractivity contribution < 1.29 is 9.66 Å². The van der Waals surface area contributed by atoms with E-state index in [1.807, 2.05) is 0 Å². The van der Waals surface area contributed by atoms with Gasteiger partial charge < -0.3 is 4.74 Å². The summed E-state index contributed by atoms with van der Waals surface area (Å²) in [5.41, 5.74) is 2.97. The smallest absolute Gasteiger partial charge is 0.273 e. The van der Waals surface area contributed by atoms with E-state index in [9.17, 15) is 10.1 Å². The van der Waals surface area contributed by atoms with Crippen LogP contribution in [0.1, 0.15) is 5.56 Å². The van der Waals surface area contributed by atoms with E-state index in [4.69, 9.17) is 10.6 Å². The number of hydrogen-bond donors (Lipinski definition) is 2. The maximum atomic E-state index is 10.8. The summed E-state index contributed by atoms with van der Waals surface area (Å²) in [7, 11) is 0. The molecule has 9 heteroatoms. The highest BCUT2D eigenvalue weighted by molar-refractivity contribution is 9.10. The maximum absolute atomic E-state index is 10.8. The van der Waals surface area contributed by atoms with Gasteiger partial charge in [0.05, 0.1) is 21.7 Å². The number of nitro groups is 1. The third-order valence-corrected chi connectivity index (χ3v) is 2.97. The maximum Gasteiger partial charge on any atom is 0.273 e. The van der Waals surface area contributed by atoms with Gasteiger partial charge in [0.1, 0.15) is 5.75 Å². The lowest BCUT2D eigenvalue weighted by molar-refractivity contribution is -0.384. The van der Waals surface area contributed by atoms with E-state index < -0.39 is 4.92 Å². The zero-order valence-electron chi connectivity index (χ0n) is 10.3. The molecule has 3 N–H and O–H groups in total. The fourth-order valence-corrected chi connectivity index (χ4v) is 1.68. The predicted molar refractivity (Wildman–Crippen MR) is 75.4 cm³/mol. The minimum atomic E-state index is -0.492. The molecule has 0 atom stereocenters. The number of nitrogen functional groups attached to an aromatic ring is 1. The largest absolute Gasteiger partial charge is 0.437 e. The first-order valence-electron chi connectivity index (χ1n) is 5.43. The van der Waals surface area contributed by atoms with Crippen LogP contribution in [0.2, 0.25) is 0 Å². The third-order valence-electron chi connectivity index (χ3n) is 2.43. The number of halogens is 1. The average Bonchev–Trinajstić information content (AvgIpc) is 2.43. The molecule has 0 aliphatic rings. The van der Waals surface area contributed by atoms with E-state index in [1.54, 1.807) is 13.0 Å². The number of aryl methyl sites for hydroxylation is 1. The lowest BCUT2D eigenvalue weighted by atomic mass is 10.2. The summed E-state index contributed by atoms with van der Waals surface area (Å²) >= 11 is 3.24. The Kier molecular flexibility index (Phi) is 4.11. The number of nitrogens with one attached hydrogen (secondary N) is 1. The molecule has 0 amide bonds. The topological polar surface area (TPSA) is 116 Å². The van der Waals surface area contributed by atoms with E-state index in [0.717, 1.165) is 5.56 Å². The highest BCUT2D eigenvalue weighted by Gasteiger charge is 2.13. The second-order valence-corrected chi connectivity index (χ2v) is 4.65. The Bertz CT molecular complexity index is 665. The Labute approximate surface area is 122 Å². The van der Waals surface area contributed by atoms with Gasteiger partial charge in [-0.25, -0.2) is 10.8 Å². The molecule has 0 saturated heterocycles. The molecular weight excluding hydrogens is 330 g/mol. The Morgan fingerprint density at radius 3 is 2.90 bits per heavy atom. The Hall–Kier alpha value is -2.26. The van der Waals surface area contributed by atoms with Crippen molar-refractivity contribution in [1.82, 2.24) is 9.97 Å². The third kappa shape index (κ3) is 3.00. The number of ether oxygens (including phenoxy) is 1. The summed E-state index contributed by atoms with van der Waals surface area (Å²) in [6.45, 7) is 1.77. The van der Waals surface area contributed by atoms with Crippen LogP contribution >= 0.6 is 15.9 Å². The molecule has 1 aromatic carbocycles. The molecule has 0 saturated carbocycles. The van der Waals surface area contributed by atoms with Gasteiger partial charge in [-0.2, -0.15) is 4.98 Å². The average molecular weight is 340 g/mol. The first kappa shape index (κ1) is 14.2. The molecule has 1 heterocycles. The molecule has 8 nitrogen and oxygen atoms in total. The zero-order valence-corrected chi connectivity index (χ0v) is 11.9. The SMILES string of the molecule is Cc1ccc([N+](=O)[O-])cc1Oc1nc(NN)ncc1Br. The highest BCUT2D eigenvalue weighted by Crippen LogP contribution is 2.31. The van der Waals surface area contributed by atoms with Crippen LogP contribution in [-0.4, -0.2) is 14.9 Å². The van der Waals surface area contributed by atoms with Crippen LogP contribution in [0, 0.1) is 17.0 Å². The van der Waals surface area contributed by atoms with Gasteiger partial charge in [-0.1, -0.05) is 0 Å². The molecule has 0 fully saturated rings. The molecule has 0 spiro atoms. The molecule has 2 aromatic rings. The van der Waals surface area contributed by atoms with Crippen LogP contribution in [-0.2, 0) is 0 Å². The second kappa shape index (κ2) is 5.80. The lowest BCUT2D eigenvalue weighted by Crippen LogP contribution is -2.10.